The number of aromatic nitrogens is 2. The highest BCUT2D eigenvalue weighted by molar-refractivity contribution is 7.99. The van der Waals surface area contributed by atoms with Crippen LogP contribution < -0.4 is 15.4 Å². The van der Waals surface area contributed by atoms with E-state index in [0.717, 1.165) is 66.0 Å². The maximum Gasteiger partial charge on any atom is 0.296 e. The SMILES string of the molecule is CC(=O)Nc1cc(N=Nc2cc(SCCCS(=O)(=O)O)c(N=Nc3cc(OCCCS(=O)(=O)O)c(N=Nc4c(C)c(C#N)c5nc6cc(S(=O)(=O)O)cc(C)c6n5c4O)cc3C)cc2NC(C)=O)c(SCCCS(=O)(=O)O)cc1N=Nc1cc(S(=O)(=O)O)c(Cl)cc1C#N. The summed E-state index contributed by atoms with van der Waals surface area (Å²) in [6.07, 6.45) is -0.468. The summed E-state index contributed by atoms with van der Waals surface area (Å²) >= 11 is 7.97. The number of thioether (sulfide) groups is 2. The predicted molar refractivity (Wildman–Crippen MR) is 344 cm³/mol. The average molecular weight is 1450 g/mol. The van der Waals surface area contributed by atoms with Gasteiger partial charge in [-0.15, -0.1) is 59.3 Å². The minimum Gasteiger partial charge on any atom is -0.493 e. The molecular weight excluding hydrogens is 1400 g/mol. The number of hydrogen-bond acceptors (Lipinski definition) is 27. The van der Waals surface area contributed by atoms with Crippen molar-refractivity contribution in [3.63, 3.8) is 0 Å². The van der Waals surface area contributed by atoms with Crippen LogP contribution in [-0.2, 0) is 60.2 Å². The third kappa shape index (κ3) is 19.3. The number of carbonyl (C=O) groups is 2. The number of pyridine rings is 1. The smallest absolute Gasteiger partial charge is 0.296 e. The number of hydrogen-bond donors (Lipinski definition) is 8. The lowest BCUT2D eigenvalue weighted by atomic mass is 10.1. The van der Waals surface area contributed by atoms with Gasteiger partial charge in [0.25, 0.3) is 50.6 Å². The van der Waals surface area contributed by atoms with Gasteiger partial charge in [-0.05, 0) is 117 Å². The Kier molecular flexibility index (Phi) is 23.2. The first-order chi connectivity index (χ1) is 43.8. The van der Waals surface area contributed by atoms with Crippen LogP contribution in [0.15, 0.2) is 121 Å². The van der Waals surface area contributed by atoms with Crippen LogP contribution in [0.4, 0.5) is 56.9 Å². The van der Waals surface area contributed by atoms with E-state index in [1.165, 1.54) is 50.2 Å². The van der Waals surface area contributed by atoms with Crippen LogP contribution >= 0.6 is 35.1 Å². The Hall–Kier alpha value is -8.49. The normalized spacial score (nSPS) is 12.6. The summed E-state index contributed by atoms with van der Waals surface area (Å²) in [5, 5.41) is 71.1. The van der Waals surface area contributed by atoms with Gasteiger partial charge in [0.05, 0.1) is 67.4 Å². The molecule has 41 heteroatoms. The van der Waals surface area contributed by atoms with Gasteiger partial charge in [-0.25, -0.2) is 4.98 Å². The third-order valence-corrected chi connectivity index (χ3v) is 19.5. The zero-order valence-electron chi connectivity index (χ0n) is 49.2. The van der Waals surface area contributed by atoms with Crippen LogP contribution in [0, 0.1) is 43.4 Å². The number of aryl methyl sites for hydroxylation is 2. The number of fused-ring (bicyclic) bond motifs is 3. The molecule has 0 fully saturated rings. The van der Waals surface area contributed by atoms with E-state index in [-0.39, 0.29) is 149 Å². The standard InChI is InChI=1S/C53H51ClN14O19S7/c1-27-16-42(64-67-50-29(3)34(26-56)52-59-45-18-33(93(81,82)83)15-28(2)51(45)68(52)53(50)71)46(87-9-6-12-90(72,73)74)21-36(27)60-65-43-19-39(58-31(5)70)41(23-47(43)88-10-7-13-91(75,76)77)63-66-44-20-38(57-30(4)69)40(22-48(44)89-11-8-14-92(78,79)80)62-61-37-24-49(94(84,85)86)35(54)17-32(37)25-55/h15-24,71H,6-14H2,1-5H3,(H,57,69)(H,58,70)(H,72,73,74)(H,75,76,77)(H,78,79,80)(H,81,82,83)(H,84,85,86). The molecule has 0 spiro atoms. The molecule has 2 aromatic heterocycles. The molecule has 8 N–H and O–H groups in total. The topological polar surface area (TPSA) is 523 Å². The molecule has 496 valence electrons. The second-order valence-corrected chi connectivity index (χ2v) is 30.1. The third-order valence-electron chi connectivity index (χ3n) is 12.7. The zero-order chi connectivity index (χ0) is 69.4. The van der Waals surface area contributed by atoms with E-state index in [2.05, 4.69) is 56.5 Å². The fraction of sp³-hybridized carbons (Fsp3) is 0.264. The molecule has 0 aliphatic rings. The van der Waals surface area contributed by atoms with Gasteiger partial charge in [-0.2, -0.15) is 57.7 Å². The summed E-state index contributed by atoms with van der Waals surface area (Å²) in [6.45, 7) is 6.43. The number of amides is 2. The number of anilines is 2. The summed E-state index contributed by atoms with van der Waals surface area (Å²) in [4.78, 5) is 28.9. The van der Waals surface area contributed by atoms with Crippen LogP contribution in [0.3, 0.4) is 0 Å². The van der Waals surface area contributed by atoms with Crippen LogP contribution in [0.1, 0.15) is 60.9 Å². The number of nitrogens with one attached hydrogen (secondary N) is 2. The van der Waals surface area contributed by atoms with Crippen molar-refractivity contribution >= 4 is 171 Å². The Morgan fingerprint density at radius 2 is 1.10 bits per heavy atom. The second-order valence-electron chi connectivity index (χ2n) is 19.9. The van der Waals surface area contributed by atoms with Crippen molar-refractivity contribution in [2.45, 2.75) is 73.5 Å². The fourth-order valence-corrected chi connectivity index (χ4v) is 13.9. The molecule has 7 aromatic rings. The summed E-state index contributed by atoms with van der Waals surface area (Å²) in [5.41, 5.74) is -0.782. The van der Waals surface area contributed by atoms with Crippen LogP contribution in [0.25, 0.3) is 16.7 Å². The Morgan fingerprint density at radius 3 is 1.59 bits per heavy atom. The van der Waals surface area contributed by atoms with Crippen molar-refractivity contribution in [1.29, 1.82) is 10.5 Å². The van der Waals surface area contributed by atoms with Crippen LogP contribution in [0.2, 0.25) is 5.02 Å². The Balaban J connectivity index is 1.35. The van der Waals surface area contributed by atoms with E-state index in [4.69, 9.17) is 16.3 Å². The molecule has 0 atom stereocenters. The highest BCUT2D eigenvalue weighted by atomic mass is 35.5. The van der Waals surface area contributed by atoms with E-state index in [0.29, 0.717) is 5.56 Å². The summed E-state index contributed by atoms with van der Waals surface area (Å²) < 4.78 is 173. The molecule has 5 aromatic carbocycles. The number of azo groups is 4. The minimum atomic E-state index is -4.94. The van der Waals surface area contributed by atoms with Crippen molar-refractivity contribution in [3.8, 4) is 23.8 Å². The number of ether oxygens (including phenoxy) is 1. The summed E-state index contributed by atoms with van der Waals surface area (Å²) in [6, 6.07) is 15.7. The molecule has 2 heterocycles. The minimum absolute atomic E-state index is 0.00553. The van der Waals surface area contributed by atoms with Gasteiger partial charge in [-0.1, -0.05) is 11.6 Å². The van der Waals surface area contributed by atoms with Gasteiger partial charge in [-0.3, -0.25) is 36.8 Å². The molecular formula is C53H51ClN14O19S7. The number of benzene rings is 5. The lowest BCUT2D eigenvalue weighted by Gasteiger charge is -2.13. The largest absolute Gasteiger partial charge is 0.493 e. The van der Waals surface area contributed by atoms with E-state index in [1.807, 2.05) is 6.07 Å². The lowest BCUT2D eigenvalue weighted by molar-refractivity contribution is -0.115. The van der Waals surface area contributed by atoms with Crippen molar-refractivity contribution in [2.24, 2.45) is 40.9 Å². The number of halogens is 1. The van der Waals surface area contributed by atoms with Gasteiger partial charge in [0.2, 0.25) is 17.7 Å². The van der Waals surface area contributed by atoms with Gasteiger partial charge in [0.1, 0.15) is 62.5 Å². The molecule has 0 unspecified atom stereocenters. The van der Waals surface area contributed by atoms with Gasteiger partial charge in [0, 0.05) is 35.3 Å². The van der Waals surface area contributed by atoms with Crippen LogP contribution in [0.5, 0.6) is 11.6 Å². The Morgan fingerprint density at radius 1 is 0.596 bits per heavy atom. The zero-order valence-corrected chi connectivity index (χ0v) is 55.7. The first-order valence-electron chi connectivity index (χ1n) is 26.6. The van der Waals surface area contributed by atoms with Crippen molar-refractivity contribution in [1.82, 2.24) is 9.38 Å². The van der Waals surface area contributed by atoms with Crippen molar-refractivity contribution < 1.29 is 84.3 Å². The molecule has 7 rings (SSSR count). The van der Waals surface area contributed by atoms with Gasteiger partial charge < -0.3 is 20.5 Å². The second kappa shape index (κ2) is 29.9. The molecule has 0 saturated carbocycles. The van der Waals surface area contributed by atoms with E-state index in [1.54, 1.807) is 13.0 Å². The van der Waals surface area contributed by atoms with E-state index in [9.17, 15) is 90.1 Å². The molecule has 94 heavy (non-hydrogen) atoms. The molecule has 0 saturated heterocycles. The lowest BCUT2D eigenvalue weighted by Crippen LogP contribution is -2.08. The predicted octanol–water partition coefficient (Wildman–Crippen LogP) is 12.0. The first-order valence-corrected chi connectivity index (χ1v) is 36.6. The highest BCUT2D eigenvalue weighted by Gasteiger charge is 2.26. The molecule has 33 nitrogen and oxygen atoms in total. The molecule has 0 radical (unpaired) electrons. The average Bonchev–Trinajstić information content (AvgIpc) is 1.56. The number of nitriles is 2. The number of rotatable bonds is 27. The summed E-state index contributed by atoms with van der Waals surface area (Å²) in [7, 11) is -22.9. The monoisotopic (exact) mass is 1450 g/mol. The van der Waals surface area contributed by atoms with Gasteiger partial charge >= 0.3 is 0 Å². The molecule has 0 bridgehead atoms. The highest BCUT2D eigenvalue weighted by Crippen LogP contribution is 2.46. The first kappa shape index (κ1) is 72.9. The molecule has 0 aliphatic carbocycles. The summed E-state index contributed by atoms with van der Waals surface area (Å²) in [5.74, 6) is -4.03. The van der Waals surface area contributed by atoms with Crippen molar-refractivity contribution in [3.05, 3.63) is 93.5 Å². The van der Waals surface area contributed by atoms with E-state index >= 15 is 0 Å². The number of nitrogens with zero attached hydrogens (tertiary/aromatic N) is 12. The molecule has 0 aliphatic heterocycles. The maximum atomic E-state index is 12.9. The van der Waals surface area contributed by atoms with Crippen LogP contribution in [-0.4, -0.2) is 127 Å². The van der Waals surface area contributed by atoms with Crippen molar-refractivity contribution in [2.75, 3.05) is 46.0 Å². The number of imidazole rings is 1. The Labute approximate surface area is 549 Å². The fourth-order valence-electron chi connectivity index (χ4n) is 8.53. The molecule has 2 amide bonds. The Bertz CT molecular complexity index is 5080. The quantitative estimate of drug-likeness (QED) is 0.0103. The number of carbonyl (C=O) groups excluding carboxylic acids is 2. The maximum absolute atomic E-state index is 12.9. The van der Waals surface area contributed by atoms with E-state index < -0.39 is 100 Å². The number of aromatic hydroxyl groups is 1. The van der Waals surface area contributed by atoms with Gasteiger partial charge in [0.15, 0.2) is 11.3 Å².